The number of fused-ring (bicyclic) bond motifs is 1. The molecule has 134 valence electrons. The molecule has 2 N–H and O–H groups in total. The van der Waals surface area contributed by atoms with Gasteiger partial charge in [0.15, 0.2) is 0 Å². The first-order chi connectivity index (χ1) is 12.6. The molecule has 0 saturated carbocycles. The van der Waals surface area contributed by atoms with Crippen LogP contribution in [0.3, 0.4) is 0 Å². The number of amides is 1. The molecule has 6 heteroatoms. The summed E-state index contributed by atoms with van der Waals surface area (Å²) in [6.45, 7) is 0. The van der Waals surface area contributed by atoms with Gasteiger partial charge in [-0.2, -0.15) is 0 Å². The summed E-state index contributed by atoms with van der Waals surface area (Å²) in [5.74, 6) is -1.00. The molecule has 0 fully saturated rings. The van der Waals surface area contributed by atoms with Crippen LogP contribution in [0.5, 0.6) is 0 Å². The van der Waals surface area contributed by atoms with E-state index in [1.54, 1.807) is 35.6 Å². The van der Waals surface area contributed by atoms with Gasteiger partial charge in [0.25, 0.3) is 0 Å². The molecule has 0 bridgehead atoms. The fraction of sp³-hybridized carbons (Fsp3) is 0.250. The van der Waals surface area contributed by atoms with Gasteiger partial charge in [0.1, 0.15) is 0 Å². The van der Waals surface area contributed by atoms with Crippen LogP contribution < -0.4 is 5.32 Å². The third kappa shape index (κ3) is 4.89. The zero-order valence-electron chi connectivity index (χ0n) is 14.3. The zero-order chi connectivity index (χ0) is 18.4. The number of aliphatic carboxylic acids is 1. The third-order valence-corrected chi connectivity index (χ3v) is 5.11. The fourth-order valence-corrected chi connectivity index (χ4v) is 3.77. The highest BCUT2D eigenvalue weighted by molar-refractivity contribution is 7.18. The van der Waals surface area contributed by atoms with Crippen molar-refractivity contribution in [1.29, 1.82) is 0 Å². The minimum atomic E-state index is -0.914. The Bertz CT molecular complexity index is 887. The number of nitrogens with zero attached hydrogens (tertiary/aromatic N) is 1. The number of hydrogen-bond acceptors (Lipinski definition) is 4. The second-order valence-corrected chi connectivity index (χ2v) is 7.17. The lowest BCUT2D eigenvalue weighted by Crippen LogP contribution is -2.14. The summed E-state index contributed by atoms with van der Waals surface area (Å²) >= 11 is 1.70. The van der Waals surface area contributed by atoms with E-state index in [4.69, 9.17) is 5.11 Å². The second-order valence-electron chi connectivity index (χ2n) is 6.06. The van der Waals surface area contributed by atoms with E-state index in [2.05, 4.69) is 16.4 Å². The molecule has 0 aliphatic rings. The number of rotatable bonds is 8. The van der Waals surface area contributed by atoms with Crippen LogP contribution in [0.1, 0.15) is 29.8 Å². The minimum absolute atomic E-state index is 0.0906. The molecule has 3 aromatic rings. The molecule has 5 nitrogen and oxygen atoms in total. The molecular formula is C20H20N2O3S. The molecule has 26 heavy (non-hydrogen) atoms. The number of thiazole rings is 1. The van der Waals surface area contributed by atoms with E-state index < -0.39 is 5.97 Å². The second kappa shape index (κ2) is 8.58. The van der Waals surface area contributed by atoms with Crippen LogP contribution in [-0.2, 0) is 22.4 Å². The van der Waals surface area contributed by atoms with E-state index in [0.717, 1.165) is 29.8 Å². The number of carboxylic acids is 1. The van der Waals surface area contributed by atoms with Crippen LogP contribution in [0.4, 0.5) is 5.69 Å². The molecule has 0 aliphatic carbocycles. The standard InChI is InChI=1S/C20H20N2O3S/c23-18(21-15-8-2-1-7-14(15)13-20(24)25)11-5-6-12-19-22-16-9-3-4-10-17(16)26-19/h1-4,7-10H,5-6,11-13H2,(H,21,23)(H,24,25). The Morgan fingerprint density at radius 1 is 1.04 bits per heavy atom. The Morgan fingerprint density at radius 3 is 2.62 bits per heavy atom. The fourth-order valence-electron chi connectivity index (χ4n) is 2.76. The highest BCUT2D eigenvalue weighted by atomic mass is 32.1. The molecule has 0 atom stereocenters. The number of carbonyl (C=O) groups is 2. The molecule has 3 rings (SSSR count). The number of carboxylic acid groups (broad SMARTS) is 1. The molecule has 1 aromatic heterocycles. The Morgan fingerprint density at radius 2 is 1.81 bits per heavy atom. The maximum Gasteiger partial charge on any atom is 0.307 e. The molecular weight excluding hydrogens is 348 g/mol. The molecule has 1 heterocycles. The van der Waals surface area contributed by atoms with Crippen molar-refractivity contribution in [3.05, 3.63) is 59.1 Å². The monoisotopic (exact) mass is 368 g/mol. The first-order valence-electron chi connectivity index (χ1n) is 8.56. The van der Waals surface area contributed by atoms with Crippen molar-refractivity contribution in [2.45, 2.75) is 32.1 Å². The van der Waals surface area contributed by atoms with Gasteiger partial charge in [-0.1, -0.05) is 30.3 Å². The van der Waals surface area contributed by atoms with Crippen molar-refractivity contribution in [3.8, 4) is 0 Å². The molecule has 0 saturated heterocycles. The average Bonchev–Trinajstić information content (AvgIpc) is 3.03. The number of nitrogens with one attached hydrogen (secondary N) is 1. The Hall–Kier alpha value is -2.73. The van der Waals surface area contributed by atoms with Gasteiger partial charge in [0.2, 0.25) is 5.91 Å². The smallest absolute Gasteiger partial charge is 0.307 e. The van der Waals surface area contributed by atoms with Gasteiger partial charge in [-0.25, -0.2) is 4.98 Å². The Labute approximate surface area is 155 Å². The van der Waals surface area contributed by atoms with Crippen LogP contribution >= 0.6 is 11.3 Å². The van der Waals surface area contributed by atoms with E-state index in [-0.39, 0.29) is 12.3 Å². The summed E-state index contributed by atoms with van der Waals surface area (Å²) in [5.41, 5.74) is 2.22. The van der Waals surface area contributed by atoms with Crippen molar-refractivity contribution < 1.29 is 14.7 Å². The number of benzene rings is 2. The Balaban J connectivity index is 1.46. The minimum Gasteiger partial charge on any atom is -0.481 e. The van der Waals surface area contributed by atoms with Gasteiger partial charge in [-0.15, -0.1) is 11.3 Å². The van der Waals surface area contributed by atoms with Crippen LogP contribution in [0.15, 0.2) is 48.5 Å². The number of para-hydroxylation sites is 2. The maximum absolute atomic E-state index is 12.1. The first kappa shape index (κ1) is 18.1. The molecule has 0 spiro atoms. The normalized spacial score (nSPS) is 10.8. The van der Waals surface area contributed by atoms with E-state index in [9.17, 15) is 9.59 Å². The lowest BCUT2D eigenvalue weighted by molar-refractivity contribution is -0.136. The highest BCUT2D eigenvalue weighted by Gasteiger charge is 2.09. The van der Waals surface area contributed by atoms with Crippen LogP contribution in [0, 0.1) is 0 Å². The number of hydrogen-bond donors (Lipinski definition) is 2. The lowest BCUT2D eigenvalue weighted by Gasteiger charge is -2.09. The van der Waals surface area contributed by atoms with Crippen molar-refractivity contribution in [2.24, 2.45) is 0 Å². The SMILES string of the molecule is O=C(O)Cc1ccccc1NC(=O)CCCCc1nc2ccccc2s1. The van der Waals surface area contributed by atoms with Crippen LogP contribution in [0.2, 0.25) is 0 Å². The van der Waals surface area contributed by atoms with Crippen LogP contribution in [0.25, 0.3) is 10.2 Å². The summed E-state index contributed by atoms with van der Waals surface area (Å²) in [7, 11) is 0. The summed E-state index contributed by atoms with van der Waals surface area (Å²) < 4.78 is 1.19. The Kier molecular flexibility index (Phi) is 5.96. The number of unbranched alkanes of at least 4 members (excludes halogenated alkanes) is 1. The molecule has 1 amide bonds. The predicted molar refractivity (Wildman–Crippen MR) is 104 cm³/mol. The summed E-state index contributed by atoms with van der Waals surface area (Å²) in [4.78, 5) is 27.6. The van der Waals surface area contributed by atoms with Gasteiger partial charge in [0.05, 0.1) is 21.6 Å². The van der Waals surface area contributed by atoms with Gasteiger partial charge < -0.3 is 10.4 Å². The van der Waals surface area contributed by atoms with Crippen LogP contribution in [-0.4, -0.2) is 22.0 Å². The zero-order valence-corrected chi connectivity index (χ0v) is 15.1. The molecule has 0 unspecified atom stereocenters. The number of aryl methyl sites for hydroxylation is 1. The van der Waals surface area contributed by atoms with Crippen molar-refractivity contribution in [1.82, 2.24) is 4.98 Å². The lowest BCUT2D eigenvalue weighted by atomic mass is 10.1. The molecule has 0 radical (unpaired) electrons. The average molecular weight is 368 g/mol. The van der Waals surface area contributed by atoms with E-state index >= 15 is 0 Å². The van der Waals surface area contributed by atoms with Crippen molar-refractivity contribution >= 4 is 39.1 Å². The summed E-state index contributed by atoms with van der Waals surface area (Å²) in [5, 5.41) is 12.9. The van der Waals surface area contributed by atoms with E-state index in [1.807, 2.05) is 18.2 Å². The van der Waals surface area contributed by atoms with Gasteiger partial charge in [0, 0.05) is 12.1 Å². The largest absolute Gasteiger partial charge is 0.481 e. The van der Waals surface area contributed by atoms with E-state index in [0.29, 0.717) is 17.7 Å². The molecule has 2 aromatic carbocycles. The van der Waals surface area contributed by atoms with Gasteiger partial charge in [-0.3, -0.25) is 9.59 Å². The van der Waals surface area contributed by atoms with Crippen molar-refractivity contribution in [2.75, 3.05) is 5.32 Å². The van der Waals surface area contributed by atoms with E-state index in [1.165, 1.54) is 4.70 Å². The summed E-state index contributed by atoms with van der Waals surface area (Å²) in [6.07, 6.45) is 2.83. The van der Waals surface area contributed by atoms with Gasteiger partial charge >= 0.3 is 5.97 Å². The number of anilines is 1. The third-order valence-electron chi connectivity index (χ3n) is 4.02. The maximum atomic E-state index is 12.1. The number of aromatic nitrogens is 1. The number of carbonyl (C=O) groups excluding carboxylic acids is 1. The van der Waals surface area contributed by atoms with Crippen molar-refractivity contribution in [3.63, 3.8) is 0 Å². The van der Waals surface area contributed by atoms with Gasteiger partial charge in [-0.05, 0) is 43.0 Å². The topological polar surface area (TPSA) is 79.3 Å². The quantitative estimate of drug-likeness (QED) is 0.582. The highest BCUT2D eigenvalue weighted by Crippen LogP contribution is 2.23. The summed E-state index contributed by atoms with van der Waals surface area (Å²) in [6, 6.07) is 15.1. The predicted octanol–water partition coefficient (Wildman–Crippen LogP) is 4.27. The first-order valence-corrected chi connectivity index (χ1v) is 9.37. The molecule has 0 aliphatic heterocycles.